The van der Waals surface area contributed by atoms with Gasteiger partial charge in [-0.05, 0) is 36.6 Å². The molecule has 2 rings (SSSR count). The van der Waals surface area contributed by atoms with E-state index in [1.54, 1.807) is 0 Å². The van der Waals surface area contributed by atoms with Crippen molar-refractivity contribution >= 4 is 35.0 Å². The first kappa shape index (κ1) is 21.4. The maximum atomic E-state index is 6.31. The van der Waals surface area contributed by atoms with Gasteiger partial charge in [0.05, 0.1) is 0 Å². The number of halogens is 2. The van der Waals surface area contributed by atoms with Crippen molar-refractivity contribution in [2.24, 2.45) is 0 Å². The Balaban J connectivity index is 0.000000648. The maximum absolute atomic E-state index is 6.31. The average Bonchev–Trinajstić information content (AvgIpc) is 2.58. The predicted octanol–water partition coefficient (Wildman–Crippen LogP) is 8.49. The fraction of sp³-hybridized carbons (Fsp3) is 0.429. The lowest BCUT2D eigenvalue weighted by atomic mass is 10.1. The zero-order valence-corrected chi connectivity index (χ0v) is 17.4. The molecule has 0 saturated carbocycles. The molecule has 0 aliphatic heterocycles. The number of unbranched alkanes of at least 4 members (excludes halogenated alkanes) is 1. The van der Waals surface area contributed by atoms with Crippen molar-refractivity contribution in [1.82, 2.24) is 0 Å². The van der Waals surface area contributed by atoms with Crippen molar-refractivity contribution in [2.45, 2.75) is 58.0 Å². The summed E-state index contributed by atoms with van der Waals surface area (Å²) in [5.74, 6) is 0.998. The summed E-state index contributed by atoms with van der Waals surface area (Å²) in [6, 6.07) is 14.5. The molecule has 24 heavy (non-hydrogen) atoms. The van der Waals surface area contributed by atoms with Gasteiger partial charge in [-0.25, -0.2) is 0 Å². The highest BCUT2D eigenvalue weighted by molar-refractivity contribution is 7.98. The first-order valence-electron chi connectivity index (χ1n) is 8.63. The van der Waals surface area contributed by atoms with Crippen LogP contribution in [0.1, 0.15) is 62.0 Å². The van der Waals surface area contributed by atoms with Crippen molar-refractivity contribution in [3.63, 3.8) is 0 Å². The number of hydrogen-bond donors (Lipinski definition) is 0. The van der Waals surface area contributed by atoms with Crippen molar-refractivity contribution in [2.75, 3.05) is 0 Å². The van der Waals surface area contributed by atoms with Gasteiger partial charge in [0.25, 0.3) is 0 Å². The zero-order chi connectivity index (χ0) is 17.9. The molecule has 0 radical (unpaired) electrons. The molecule has 0 saturated heterocycles. The minimum Gasteiger partial charge on any atom is -0.149 e. The summed E-state index contributed by atoms with van der Waals surface area (Å²) in [4.78, 5) is 0. The molecule has 132 valence electrons. The molecule has 0 aliphatic carbocycles. The molecule has 1 atom stereocenters. The van der Waals surface area contributed by atoms with Crippen LogP contribution in [-0.2, 0) is 5.75 Å². The van der Waals surface area contributed by atoms with Gasteiger partial charge in [-0.15, -0.1) is 11.8 Å². The summed E-state index contributed by atoms with van der Waals surface area (Å²) in [6.07, 6.45) is 3.69. The van der Waals surface area contributed by atoms with E-state index < -0.39 is 0 Å². The van der Waals surface area contributed by atoms with Gasteiger partial charge < -0.3 is 0 Å². The molecule has 0 fully saturated rings. The van der Waals surface area contributed by atoms with Gasteiger partial charge in [-0.3, -0.25) is 0 Å². The van der Waals surface area contributed by atoms with Crippen LogP contribution in [0.15, 0.2) is 42.5 Å². The Hall–Kier alpha value is -0.630. The van der Waals surface area contributed by atoms with Gasteiger partial charge in [0.15, 0.2) is 0 Å². The lowest BCUT2D eigenvalue weighted by molar-refractivity contribution is 0.886. The van der Waals surface area contributed by atoms with Gasteiger partial charge in [0, 0.05) is 21.0 Å². The Morgan fingerprint density at radius 1 is 0.917 bits per heavy atom. The van der Waals surface area contributed by atoms with Gasteiger partial charge in [-0.2, -0.15) is 0 Å². The Bertz CT molecular complexity index is 591. The molecule has 0 N–H and O–H groups in total. The summed E-state index contributed by atoms with van der Waals surface area (Å²) in [5.41, 5.74) is 3.83. The monoisotopic (exact) mass is 382 g/mol. The molecule has 1 unspecified atom stereocenters. The summed E-state index contributed by atoms with van der Waals surface area (Å²) < 4.78 is 0. The normalized spacial score (nSPS) is 11.6. The van der Waals surface area contributed by atoms with Crippen LogP contribution in [0, 0.1) is 6.92 Å². The molecule has 0 bridgehead atoms. The number of aryl methyl sites for hydroxylation is 1. The van der Waals surface area contributed by atoms with Crippen LogP contribution >= 0.6 is 35.0 Å². The highest BCUT2D eigenvalue weighted by atomic mass is 35.5. The minimum absolute atomic E-state index is 0.404. The lowest BCUT2D eigenvalue weighted by Gasteiger charge is -2.17. The third-order valence-corrected chi connectivity index (χ3v) is 5.80. The molecule has 0 nitrogen and oxygen atoms in total. The van der Waals surface area contributed by atoms with E-state index in [9.17, 15) is 0 Å². The highest BCUT2D eigenvalue weighted by Crippen LogP contribution is 2.38. The quantitative estimate of drug-likeness (QED) is 0.482. The average molecular weight is 383 g/mol. The van der Waals surface area contributed by atoms with Crippen molar-refractivity contribution in [3.8, 4) is 0 Å². The number of thioether (sulfide) groups is 1. The van der Waals surface area contributed by atoms with E-state index in [2.05, 4.69) is 52.0 Å². The van der Waals surface area contributed by atoms with E-state index in [1.807, 2.05) is 30.0 Å². The highest BCUT2D eigenvalue weighted by Gasteiger charge is 2.14. The molecule has 2 aromatic rings. The van der Waals surface area contributed by atoms with Crippen molar-refractivity contribution < 1.29 is 0 Å². The second-order valence-corrected chi connectivity index (χ2v) is 7.89. The summed E-state index contributed by atoms with van der Waals surface area (Å²) >= 11 is 14.2. The molecule has 2 aromatic carbocycles. The lowest BCUT2D eigenvalue weighted by Crippen LogP contribution is -1.95. The summed E-state index contributed by atoms with van der Waals surface area (Å²) in [7, 11) is 0. The standard InChI is InChI=1S/C17H18Cl2S.C4H10/c1-3-17(15-9-8-14(18)10-16(15)19)20-11-13-6-4-12(2)5-7-13;1-3-4-2/h4-10,17H,3,11H2,1-2H3;3-4H2,1-2H3. The van der Waals surface area contributed by atoms with Crippen LogP contribution < -0.4 is 0 Å². The number of rotatable bonds is 6. The smallest absolute Gasteiger partial charge is 0.0464 e. The zero-order valence-electron chi connectivity index (χ0n) is 15.1. The van der Waals surface area contributed by atoms with Gasteiger partial charge in [-0.1, -0.05) is 92.7 Å². The van der Waals surface area contributed by atoms with Crippen LogP contribution in [0.25, 0.3) is 0 Å². The molecule has 0 heterocycles. The van der Waals surface area contributed by atoms with Gasteiger partial charge in [0.2, 0.25) is 0 Å². The first-order chi connectivity index (χ1) is 11.5. The van der Waals surface area contributed by atoms with Crippen LogP contribution in [0.3, 0.4) is 0 Å². The summed E-state index contributed by atoms with van der Waals surface area (Å²) in [5, 5.41) is 1.86. The Morgan fingerprint density at radius 2 is 1.54 bits per heavy atom. The topological polar surface area (TPSA) is 0 Å². The van der Waals surface area contributed by atoms with Gasteiger partial charge >= 0.3 is 0 Å². The molecule has 0 amide bonds. The van der Waals surface area contributed by atoms with Crippen molar-refractivity contribution in [1.29, 1.82) is 0 Å². The van der Waals surface area contributed by atoms with E-state index in [1.165, 1.54) is 29.5 Å². The van der Waals surface area contributed by atoms with E-state index in [4.69, 9.17) is 23.2 Å². The van der Waals surface area contributed by atoms with Crippen molar-refractivity contribution in [3.05, 3.63) is 69.2 Å². The second-order valence-electron chi connectivity index (χ2n) is 5.86. The molecular weight excluding hydrogens is 355 g/mol. The maximum Gasteiger partial charge on any atom is 0.0464 e. The summed E-state index contributed by atoms with van der Waals surface area (Å²) in [6.45, 7) is 8.66. The van der Waals surface area contributed by atoms with E-state index in [0.717, 1.165) is 17.2 Å². The van der Waals surface area contributed by atoms with Crippen LogP contribution in [0.5, 0.6) is 0 Å². The van der Waals surface area contributed by atoms with E-state index in [0.29, 0.717) is 10.3 Å². The molecule has 0 aromatic heterocycles. The SMILES string of the molecule is CCC(SCc1ccc(C)cc1)c1ccc(Cl)cc1Cl.CCCC. The molecular formula is C21H28Cl2S. The van der Waals surface area contributed by atoms with E-state index in [-0.39, 0.29) is 0 Å². The second kappa shape index (κ2) is 11.8. The van der Waals surface area contributed by atoms with Crippen LogP contribution in [-0.4, -0.2) is 0 Å². The van der Waals surface area contributed by atoms with E-state index >= 15 is 0 Å². The number of hydrogen-bond acceptors (Lipinski definition) is 1. The van der Waals surface area contributed by atoms with Crippen LogP contribution in [0.4, 0.5) is 0 Å². The fourth-order valence-corrected chi connectivity index (χ4v) is 3.88. The third-order valence-electron chi connectivity index (χ3n) is 3.75. The van der Waals surface area contributed by atoms with Gasteiger partial charge in [0.1, 0.15) is 0 Å². The Labute approximate surface area is 162 Å². The van der Waals surface area contributed by atoms with Crippen LogP contribution in [0.2, 0.25) is 10.0 Å². The molecule has 0 spiro atoms. The minimum atomic E-state index is 0.404. The fourth-order valence-electron chi connectivity index (χ4n) is 2.07. The molecule has 3 heteroatoms. The largest absolute Gasteiger partial charge is 0.149 e. The predicted molar refractivity (Wildman–Crippen MR) is 113 cm³/mol. The third kappa shape index (κ3) is 7.51. The Morgan fingerprint density at radius 3 is 2.04 bits per heavy atom. The number of benzene rings is 2. The molecule has 0 aliphatic rings. The first-order valence-corrected chi connectivity index (χ1v) is 10.4. The Kier molecular flexibility index (Phi) is 10.6.